The molecule has 0 fully saturated rings. The van der Waals surface area contributed by atoms with Crippen LogP contribution in [0.1, 0.15) is 0 Å². The Hall–Kier alpha value is -1.71. The zero-order valence-electron chi connectivity index (χ0n) is 10.3. The number of nitrogens with zero attached hydrogens (tertiary/aromatic N) is 1. The fourth-order valence-corrected chi connectivity index (χ4v) is 1.17. The molecule has 0 aromatic heterocycles. The van der Waals surface area contributed by atoms with Crippen LogP contribution in [0, 0.1) is 0 Å². The zero-order valence-corrected chi connectivity index (χ0v) is 10.3. The number of carboxylic acid groups (broad SMARTS) is 3. The van der Waals surface area contributed by atoms with Gasteiger partial charge >= 0.3 is 17.9 Å². The van der Waals surface area contributed by atoms with E-state index >= 15 is 0 Å². The average Bonchev–Trinajstić information content (AvgIpc) is 2.25. The summed E-state index contributed by atoms with van der Waals surface area (Å²) in [5, 5.41) is 25.4. The number of ether oxygens (including phenoxy) is 2. The van der Waals surface area contributed by atoms with Crippen molar-refractivity contribution >= 4 is 17.9 Å². The molecule has 0 unspecified atom stereocenters. The van der Waals surface area contributed by atoms with E-state index in [1.165, 1.54) is 4.90 Å². The topological polar surface area (TPSA) is 134 Å². The molecule has 0 bridgehead atoms. The summed E-state index contributed by atoms with van der Waals surface area (Å²) >= 11 is 0. The summed E-state index contributed by atoms with van der Waals surface area (Å²) in [6, 6.07) is 0. The molecule has 0 heterocycles. The molecule has 110 valence electrons. The van der Waals surface area contributed by atoms with Crippen LogP contribution in [0.5, 0.6) is 0 Å². The number of carboxylic acids is 3. The van der Waals surface area contributed by atoms with Gasteiger partial charge in [0, 0.05) is 6.54 Å². The molecular weight excluding hydrogens is 262 g/mol. The Balaban J connectivity index is 3.65. The Morgan fingerprint density at radius 1 is 0.789 bits per heavy atom. The first-order valence-electron chi connectivity index (χ1n) is 5.45. The van der Waals surface area contributed by atoms with Gasteiger partial charge in [0.25, 0.3) is 0 Å². The molecule has 0 spiro atoms. The van der Waals surface area contributed by atoms with Crippen LogP contribution >= 0.6 is 0 Å². The molecule has 0 aliphatic carbocycles. The maximum Gasteiger partial charge on any atom is 0.329 e. The molecule has 3 N–H and O–H groups in total. The smallest absolute Gasteiger partial charge is 0.329 e. The van der Waals surface area contributed by atoms with Crippen molar-refractivity contribution in [3.8, 4) is 0 Å². The van der Waals surface area contributed by atoms with Gasteiger partial charge in [0.05, 0.1) is 32.9 Å². The minimum atomic E-state index is -1.12. The molecule has 0 saturated carbocycles. The van der Waals surface area contributed by atoms with E-state index in [1.807, 2.05) is 0 Å². The van der Waals surface area contributed by atoms with Gasteiger partial charge < -0.3 is 24.8 Å². The van der Waals surface area contributed by atoms with Crippen LogP contribution in [0.25, 0.3) is 0 Å². The van der Waals surface area contributed by atoms with E-state index < -0.39 is 24.5 Å². The van der Waals surface area contributed by atoms with E-state index in [0.29, 0.717) is 0 Å². The third-order valence-corrected chi connectivity index (χ3v) is 1.87. The maximum absolute atomic E-state index is 10.5. The van der Waals surface area contributed by atoms with Gasteiger partial charge in [-0.2, -0.15) is 0 Å². The van der Waals surface area contributed by atoms with Crippen LogP contribution in [0.4, 0.5) is 0 Å². The number of rotatable bonds is 12. The zero-order chi connectivity index (χ0) is 14.7. The predicted octanol–water partition coefficient (Wildman–Crippen LogP) is -1.42. The molecule has 0 aliphatic rings. The number of hydrogen-bond acceptors (Lipinski definition) is 6. The molecule has 0 amide bonds. The van der Waals surface area contributed by atoms with E-state index in [2.05, 4.69) is 0 Å². The molecule has 0 atom stereocenters. The van der Waals surface area contributed by atoms with Crippen LogP contribution in [-0.2, 0) is 23.9 Å². The second-order valence-electron chi connectivity index (χ2n) is 3.56. The van der Waals surface area contributed by atoms with Crippen molar-refractivity contribution in [3.05, 3.63) is 0 Å². The third-order valence-electron chi connectivity index (χ3n) is 1.87. The predicted molar refractivity (Wildman–Crippen MR) is 61.0 cm³/mol. The summed E-state index contributed by atoms with van der Waals surface area (Å²) < 4.78 is 9.77. The van der Waals surface area contributed by atoms with Crippen molar-refractivity contribution in [1.29, 1.82) is 0 Å². The van der Waals surface area contributed by atoms with Crippen LogP contribution in [-0.4, -0.2) is 84.2 Å². The highest BCUT2D eigenvalue weighted by atomic mass is 16.5. The fourth-order valence-electron chi connectivity index (χ4n) is 1.17. The molecule has 0 aromatic carbocycles. The Bertz CT molecular complexity index is 290. The number of aliphatic carboxylic acids is 3. The van der Waals surface area contributed by atoms with Gasteiger partial charge in [0.15, 0.2) is 0 Å². The first-order chi connectivity index (χ1) is 8.91. The van der Waals surface area contributed by atoms with Crippen molar-refractivity contribution in [2.45, 2.75) is 0 Å². The van der Waals surface area contributed by atoms with Crippen LogP contribution < -0.4 is 0 Å². The van der Waals surface area contributed by atoms with Crippen molar-refractivity contribution in [3.63, 3.8) is 0 Å². The quantitative estimate of drug-likeness (QED) is 0.368. The second-order valence-corrected chi connectivity index (χ2v) is 3.56. The standard InChI is InChI=1S/C10H17NO8/c12-8(13)5-11(6-9(14)15)1-2-18-3-4-19-7-10(16)17/h1-7H2,(H,12,13)(H,14,15)(H,16,17). The molecule has 9 heteroatoms. The largest absolute Gasteiger partial charge is 0.480 e. The maximum atomic E-state index is 10.5. The third kappa shape index (κ3) is 12.5. The minimum absolute atomic E-state index is 0.101. The molecule has 0 rings (SSSR count). The number of carbonyl (C=O) groups is 3. The Morgan fingerprint density at radius 2 is 1.32 bits per heavy atom. The lowest BCUT2D eigenvalue weighted by atomic mass is 10.4. The van der Waals surface area contributed by atoms with E-state index in [4.69, 9.17) is 24.8 Å². The van der Waals surface area contributed by atoms with Crippen LogP contribution in [0.3, 0.4) is 0 Å². The van der Waals surface area contributed by atoms with Gasteiger partial charge in [-0.1, -0.05) is 0 Å². The first kappa shape index (κ1) is 17.3. The van der Waals surface area contributed by atoms with E-state index in [1.54, 1.807) is 0 Å². The van der Waals surface area contributed by atoms with Crippen LogP contribution in [0.2, 0.25) is 0 Å². The molecule has 9 nitrogen and oxygen atoms in total. The molecule has 0 aliphatic heterocycles. The van der Waals surface area contributed by atoms with Crippen molar-refractivity contribution in [2.24, 2.45) is 0 Å². The Morgan fingerprint density at radius 3 is 1.79 bits per heavy atom. The summed E-state index contributed by atoms with van der Waals surface area (Å²) in [7, 11) is 0. The van der Waals surface area contributed by atoms with Gasteiger partial charge in [-0.3, -0.25) is 14.5 Å². The van der Waals surface area contributed by atoms with Gasteiger partial charge in [-0.25, -0.2) is 4.79 Å². The molecule has 0 aromatic rings. The summed E-state index contributed by atoms with van der Waals surface area (Å²) in [5.74, 6) is -3.31. The Labute approximate surface area is 109 Å². The summed E-state index contributed by atoms with van der Waals surface area (Å²) in [6.07, 6.45) is 0. The highest BCUT2D eigenvalue weighted by molar-refractivity contribution is 5.72. The fraction of sp³-hybridized carbons (Fsp3) is 0.700. The summed E-state index contributed by atoms with van der Waals surface area (Å²) in [4.78, 5) is 32.3. The van der Waals surface area contributed by atoms with E-state index in [0.717, 1.165) is 0 Å². The van der Waals surface area contributed by atoms with Crippen LogP contribution in [0.15, 0.2) is 0 Å². The SMILES string of the molecule is O=C(O)COCCOCCN(CC(=O)O)CC(=O)O. The molecule has 19 heavy (non-hydrogen) atoms. The number of hydrogen-bond donors (Lipinski definition) is 3. The van der Waals surface area contributed by atoms with E-state index in [9.17, 15) is 14.4 Å². The minimum Gasteiger partial charge on any atom is -0.480 e. The lowest BCUT2D eigenvalue weighted by Gasteiger charge is -2.17. The monoisotopic (exact) mass is 279 g/mol. The highest BCUT2D eigenvalue weighted by Gasteiger charge is 2.12. The summed E-state index contributed by atoms with van der Waals surface area (Å²) in [6.45, 7) is -0.635. The van der Waals surface area contributed by atoms with E-state index in [-0.39, 0.29) is 39.5 Å². The summed E-state index contributed by atoms with van der Waals surface area (Å²) in [5.41, 5.74) is 0. The molecule has 0 saturated heterocycles. The highest BCUT2D eigenvalue weighted by Crippen LogP contribution is 1.89. The van der Waals surface area contributed by atoms with Crippen molar-refractivity contribution < 1.29 is 39.2 Å². The lowest BCUT2D eigenvalue weighted by Crippen LogP contribution is -2.37. The second kappa shape index (κ2) is 10.2. The van der Waals surface area contributed by atoms with Gasteiger partial charge in [-0.15, -0.1) is 0 Å². The average molecular weight is 279 g/mol. The normalized spacial score (nSPS) is 10.6. The molecule has 0 radical (unpaired) electrons. The van der Waals surface area contributed by atoms with Gasteiger partial charge in [-0.05, 0) is 0 Å². The van der Waals surface area contributed by atoms with Crippen molar-refractivity contribution in [1.82, 2.24) is 4.90 Å². The van der Waals surface area contributed by atoms with Gasteiger partial charge in [0.1, 0.15) is 6.61 Å². The van der Waals surface area contributed by atoms with Gasteiger partial charge in [0.2, 0.25) is 0 Å². The van der Waals surface area contributed by atoms with Crippen molar-refractivity contribution in [2.75, 3.05) is 46.1 Å². The lowest BCUT2D eigenvalue weighted by molar-refractivity contribution is -0.143. The Kier molecular flexibility index (Phi) is 9.31. The first-order valence-corrected chi connectivity index (χ1v) is 5.45. The molecular formula is C10H17NO8.